The predicted octanol–water partition coefficient (Wildman–Crippen LogP) is 9.99. The zero-order valence-electron chi connectivity index (χ0n) is 24.3. The van der Waals surface area contributed by atoms with Gasteiger partial charge >= 0.3 is 21.1 Å². The number of aromatic nitrogens is 3. The van der Waals surface area contributed by atoms with Crippen LogP contribution in [0.5, 0.6) is 11.5 Å². The number of para-hydroxylation sites is 1. The Hall–Kier alpha value is -3.99. The van der Waals surface area contributed by atoms with Crippen LogP contribution in [0, 0.1) is 26.0 Å². The Morgan fingerprint density at radius 3 is 2.47 bits per heavy atom. The molecular weight excluding hydrogens is 734 g/mol. The van der Waals surface area contributed by atoms with Crippen LogP contribution in [0.15, 0.2) is 77.5 Å². The number of benzene rings is 3. The van der Waals surface area contributed by atoms with E-state index in [4.69, 9.17) is 19.1 Å². The molecule has 0 atom stereocenters. The standard InChI is InChI=1S/C36H27N3O2S.Pt/c1-20-14-32(37-18-21(20)2)39-28-9-7-6-8-25(28)26-12-10-24(17-29(26)39)40-23-11-13-30-27(16-23)33-34-31(42-35(33)41-30)15-22(19-38-34)36(3,4)5;/h6-15,18-19H,1-5H3;/q-2;+2. The van der Waals surface area contributed by atoms with E-state index in [0.717, 1.165) is 64.7 Å². The average Bonchev–Trinajstić information content (AvgIpc) is 3.61. The minimum Gasteiger partial charge on any atom is -0.503 e. The monoisotopic (exact) mass is 760 g/mol. The molecule has 0 aliphatic heterocycles. The minimum absolute atomic E-state index is 0. The second kappa shape index (κ2) is 10.0. The van der Waals surface area contributed by atoms with Crippen LogP contribution in [0.2, 0.25) is 0 Å². The number of rotatable bonds is 3. The molecule has 3 aromatic carbocycles. The van der Waals surface area contributed by atoms with Crippen molar-refractivity contribution in [2.75, 3.05) is 0 Å². The van der Waals surface area contributed by atoms with Crippen LogP contribution >= 0.6 is 11.3 Å². The molecule has 0 aliphatic carbocycles. The maximum atomic E-state index is 6.39. The van der Waals surface area contributed by atoms with Gasteiger partial charge in [-0.25, -0.2) is 4.98 Å². The molecule has 8 aromatic rings. The molecule has 0 saturated heterocycles. The molecule has 7 heteroatoms. The molecular formula is C36H27N3O2PtS. The van der Waals surface area contributed by atoms with Gasteiger partial charge in [0.05, 0.1) is 5.52 Å². The summed E-state index contributed by atoms with van der Waals surface area (Å²) in [7, 11) is 0. The Morgan fingerprint density at radius 1 is 0.860 bits per heavy atom. The number of pyridine rings is 2. The van der Waals surface area contributed by atoms with Gasteiger partial charge in [-0.3, -0.25) is 4.98 Å². The molecule has 0 bridgehead atoms. The normalized spacial score (nSPS) is 12.1. The van der Waals surface area contributed by atoms with Gasteiger partial charge in [-0.1, -0.05) is 68.1 Å². The van der Waals surface area contributed by atoms with Crippen molar-refractivity contribution in [1.29, 1.82) is 0 Å². The van der Waals surface area contributed by atoms with Gasteiger partial charge in [-0.2, -0.15) is 6.07 Å². The van der Waals surface area contributed by atoms with Crippen LogP contribution in [0.1, 0.15) is 37.5 Å². The van der Waals surface area contributed by atoms with E-state index < -0.39 is 0 Å². The molecule has 43 heavy (non-hydrogen) atoms. The number of hydrogen-bond donors (Lipinski definition) is 0. The van der Waals surface area contributed by atoms with Gasteiger partial charge in [0.15, 0.2) is 0 Å². The van der Waals surface area contributed by atoms with Gasteiger partial charge in [0.1, 0.15) is 10.7 Å². The fraction of sp³-hybridized carbons (Fsp3) is 0.167. The zero-order chi connectivity index (χ0) is 28.7. The minimum atomic E-state index is 0. The summed E-state index contributed by atoms with van der Waals surface area (Å²) in [6.07, 6.45) is 3.90. The quantitative estimate of drug-likeness (QED) is 0.168. The van der Waals surface area contributed by atoms with Gasteiger partial charge in [-0.05, 0) is 64.9 Å². The van der Waals surface area contributed by atoms with E-state index in [2.05, 4.69) is 93.8 Å². The van der Waals surface area contributed by atoms with Crippen molar-refractivity contribution in [3.05, 3.63) is 102 Å². The fourth-order valence-electron chi connectivity index (χ4n) is 5.57. The second-order valence-electron chi connectivity index (χ2n) is 11.9. The van der Waals surface area contributed by atoms with Gasteiger partial charge < -0.3 is 13.7 Å². The first-order valence-corrected chi connectivity index (χ1v) is 14.8. The van der Waals surface area contributed by atoms with Crippen molar-refractivity contribution in [2.24, 2.45) is 0 Å². The summed E-state index contributed by atoms with van der Waals surface area (Å²) in [6.45, 7) is 10.8. The Kier molecular flexibility index (Phi) is 6.49. The molecule has 214 valence electrons. The van der Waals surface area contributed by atoms with Crippen LogP contribution in [-0.4, -0.2) is 14.5 Å². The predicted molar refractivity (Wildman–Crippen MR) is 171 cm³/mol. The Labute approximate surface area is 267 Å². The van der Waals surface area contributed by atoms with Crippen molar-refractivity contribution in [3.63, 3.8) is 0 Å². The van der Waals surface area contributed by atoms with Crippen LogP contribution in [0.4, 0.5) is 0 Å². The third kappa shape index (κ3) is 4.47. The Balaban J connectivity index is 0.00000300. The van der Waals surface area contributed by atoms with E-state index in [1.807, 2.05) is 30.6 Å². The van der Waals surface area contributed by atoms with E-state index >= 15 is 0 Å². The van der Waals surface area contributed by atoms with Crippen LogP contribution in [0.3, 0.4) is 0 Å². The van der Waals surface area contributed by atoms with Gasteiger partial charge in [0, 0.05) is 39.7 Å². The molecule has 0 unspecified atom stereocenters. The molecule has 0 aliphatic rings. The van der Waals surface area contributed by atoms with Crippen molar-refractivity contribution in [2.45, 2.75) is 40.0 Å². The molecule has 5 heterocycles. The Bertz CT molecular complexity index is 2360. The van der Waals surface area contributed by atoms with Crippen molar-refractivity contribution < 1.29 is 30.2 Å². The number of furan rings is 1. The molecule has 5 aromatic heterocycles. The number of nitrogens with zero attached hydrogens (tertiary/aromatic N) is 3. The third-order valence-electron chi connectivity index (χ3n) is 8.06. The summed E-state index contributed by atoms with van der Waals surface area (Å²) in [4.78, 5) is 10.5. The molecule has 0 N–H and O–H groups in total. The summed E-state index contributed by atoms with van der Waals surface area (Å²) in [5, 5.41) is 4.10. The van der Waals surface area contributed by atoms with Gasteiger partial charge in [0.25, 0.3) is 0 Å². The van der Waals surface area contributed by atoms with Crippen molar-refractivity contribution in [3.8, 4) is 17.3 Å². The number of ether oxygens (including phenoxy) is 1. The second-order valence-corrected chi connectivity index (χ2v) is 12.9. The number of aryl methyl sites for hydroxylation is 2. The molecule has 8 rings (SSSR count). The summed E-state index contributed by atoms with van der Waals surface area (Å²) in [6, 6.07) is 27.6. The molecule has 0 radical (unpaired) electrons. The topological polar surface area (TPSA) is 53.1 Å². The van der Waals surface area contributed by atoms with E-state index in [0.29, 0.717) is 11.5 Å². The molecule has 0 fully saturated rings. The summed E-state index contributed by atoms with van der Waals surface area (Å²) in [5.41, 5.74) is 7.29. The maximum Gasteiger partial charge on any atom is 2.00 e. The first-order valence-electron chi connectivity index (χ1n) is 14.0. The van der Waals surface area contributed by atoms with Gasteiger partial charge in [0.2, 0.25) is 0 Å². The van der Waals surface area contributed by atoms with E-state index in [1.54, 1.807) is 11.3 Å². The largest absolute Gasteiger partial charge is 2.00 e. The SMILES string of the molecule is Cc1cnc(-n2c3[c-]c(Oc4[c-]c5c(cc4)oc4sc6cc(C(C)(C)C)cnc6c45)ccc3c3ccccc32)cc1C.[Pt+2]. The number of thiophene rings is 1. The van der Waals surface area contributed by atoms with Crippen molar-refractivity contribution in [1.82, 2.24) is 14.5 Å². The van der Waals surface area contributed by atoms with Gasteiger partial charge in [-0.15, -0.1) is 28.9 Å². The fourth-order valence-corrected chi connectivity index (χ4v) is 6.64. The van der Waals surface area contributed by atoms with E-state index in [-0.39, 0.29) is 26.5 Å². The smallest absolute Gasteiger partial charge is 0.503 e. The summed E-state index contributed by atoms with van der Waals surface area (Å²) in [5.74, 6) is 2.06. The molecule has 0 amide bonds. The first kappa shape index (κ1) is 27.8. The zero-order valence-corrected chi connectivity index (χ0v) is 27.4. The van der Waals surface area contributed by atoms with Crippen LogP contribution in [-0.2, 0) is 26.5 Å². The number of fused-ring (bicyclic) bond motifs is 8. The third-order valence-corrected chi connectivity index (χ3v) is 9.06. The van der Waals surface area contributed by atoms with E-state index in [1.165, 1.54) is 11.1 Å². The Morgan fingerprint density at radius 2 is 1.65 bits per heavy atom. The molecule has 0 saturated carbocycles. The number of hydrogen-bond acceptors (Lipinski definition) is 5. The van der Waals surface area contributed by atoms with Crippen LogP contribution in [0.25, 0.3) is 59.1 Å². The average molecular weight is 761 g/mol. The van der Waals surface area contributed by atoms with Crippen LogP contribution < -0.4 is 4.74 Å². The molecule has 5 nitrogen and oxygen atoms in total. The first-order chi connectivity index (χ1) is 20.2. The van der Waals surface area contributed by atoms with E-state index in [9.17, 15) is 0 Å². The summed E-state index contributed by atoms with van der Waals surface area (Å²) < 4.78 is 15.9. The summed E-state index contributed by atoms with van der Waals surface area (Å²) >= 11 is 1.63. The molecule has 0 spiro atoms. The van der Waals surface area contributed by atoms with Crippen molar-refractivity contribution >= 4 is 64.6 Å². The maximum absolute atomic E-state index is 6.39.